The number of carbonyl (C=O) groups excluding carboxylic acids is 1. The van der Waals surface area contributed by atoms with E-state index >= 15 is 0 Å². The second kappa shape index (κ2) is 10.3. The molecule has 1 aromatic heterocycles. The molecule has 1 saturated heterocycles. The Kier molecular flexibility index (Phi) is 7.21. The monoisotopic (exact) mass is 420 g/mol. The number of rotatable bonds is 7. The first-order valence-electron chi connectivity index (χ1n) is 12.1. The molecule has 0 atom stereocenters. The predicted molar refractivity (Wildman–Crippen MR) is 125 cm³/mol. The second-order valence-corrected chi connectivity index (χ2v) is 9.09. The van der Waals surface area contributed by atoms with E-state index in [0.717, 1.165) is 75.1 Å². The van der Waals surface area contributed by atoms with Gasteiger partial charge in [-0.15, -0.1) is 0 Å². The smallest absolute Gasteiger partial charge is 0.222 e. The Morgan fingerprint density at radius 2 is 1.74 bits per heavy atom. The molecule has 0 bridgehead atoms. The summed E-state index contributed by atoms with van der Waals surface area (Å²) in [5.74, 6) is 3.01. The average Bonchev–Trinajstić information content (AvgIpc) is 3.33. The van der Waals surface area contributed by atoms with Crippen LogP contribution in [-0.4, -0.2) is 47.0 Å². The number of benzene rings is 1. The topological polar surface area (TPSA) is 49.3 Å². The summed E-state index contributed by atoms with van der Waals surface area (Å²) in [7, 11) is 0. The van der Waals surface area contributed by atoms with Gasteiger partial charge in [-0.2, -0.15) is 0 Å². The lowest BCUT2D eigenvalue weighted by molar-refractivity contribution is -0.131. The molecule has 0 spiro atoms. The second-order valence-electron chi connectivity index (χ2n) is 9.09. The van der Waals surface area contributed by atoms with Gasteiger partial charge in [0.25, 0.3) is 0 Å². The molecule has 0 unspecified atom stereocenters. The molecular formula is C26H36N4O. The number of amides is 1. The number of carbonyl (C=O) groups is 1. The van der Waals surface area contributed by atoms with Crippen molar-refractivity contribution in [2.75, 3.05) is 31.1 Å². The summed E-state index contributed by atoms with van der Waals surface area (Å²) in [4.78, 5) is 26.8. The van der Waals surface area contributed by atoms with Gasteiger partial charge in [0.05, 0.1) is 0 Å². The first-order chi connectivity index (χ1) is 15.1. The molecule has 31 heavy (non-hydrogen) atoms. The van der Waals surface area contributed by atoms with Crippen LogP contribution in [0.4, 0.5) is 5.82 Å². The van der Waals surface area contributed by atoms with Gasteiger partial charge in [0, 0.05) is 50.3 Å². The maximum absolute atomic E-state index is 12.7. The highest BCUT2D eigenvalue weighted by molar-refractivity contribution is 5.76. The van der Waals surface area contributed by atoms with Crippen molar-refractivity contribution in [1.82, 2.24) is 14.9 Å². The summed E-state index contributed by atoms with van der Waals surface area (Å²) in [6, 6.07) is 10.6. The van der Waals surface area contributed by atoms with Gasteiger partial charge in [-0.1, -0.05) is 62.9 Å². The van der Waals surface area contributed by atoms with Crippen molar-refractivity contribution < 1.29 is 4.79 Å². The average molecular weight is 421 g/mol. The number of hydrogen-bond donors (Lipinski definition) is 0. The van der Waals surface area contributed by atoms with Crippen molar-refractivity contribution in [2.45, 2.75) is 65.2 Å². The molecule has 2 fully saturated rings. The van der Waals surface area contributed by atoms with Crippen molar-refractivity contribution >= 4 is 11.7 Å². The van der Waals surface area contributed by atoms with Crippen molar-refractivity contribution in [3.8, 4) is 0 Å². The predicted octanol–water partition coefficient (Wildman–Crippen LogP) is 4.56. The Bertz CT molecular complexity index is 868. The fraction of sp³-hybridized carbons (Fsp3) is 0.577. The summed E-state index contributed by atoms with van der Waals surface area (Å²) in [5.41, 5.74) is 3.66. The SMILES string of the molecule is CCc1nc(C)nc(N2CCN(C(=O)CCC3CCCC3)CC2)c1Cc1ccccc1. The zero-order valence-corrected chi connectivity index (χ0v) is 19.1. The fourth-order valence-corrected chi connectivity index (χ4v) is 5.13. The third-order valence-electron chi connectivity index (χ3n) is 6.91. The van der Waals surface area contributed by atoms with E-state index in [1.54, 1.807) is 0 Å². The molecular weight excluding hydrogens is 384 g/mol. The van der Waals surface area contributed by atoms with Crippen LogP contribution in [0, 0.1) is 12.8 Å². The van der Waals surface area contributed by atoms with Crippen LogP contribution in [0.3, 0.4) is 0 Å². The molecule has 1 aliphatic heterocycles. The van der Waals surface area contributed by atoms with Crippen LogP contribution >= 0.6 is 0 Å². The van der Waals surface area contributed by atoms with Crippen LogP contribution < -0.4 is 4.90 Å². The molecule has 0 radical (unpaired) electrons. The van der Waals surface area contributed by atoms with E-state index in [-0.39, 0.29) is 0 Å². The van der Waals surface area contributed by atoms with Crippen molar-refractivity contribution in [2.24, 2.45) is 5.92 Å². The Morgan fingerprint density at radius 1 is 1.03 bits per heavy atom. The first kappa shape index (κ1) is 21.8. The Morgan fingerprint density at radius 3 is 2.42 bits per heavy atom. The molecule has 1 amide bonds. The normalized spacial score (nSPS) is 17.4. The van der Waals surface area contributed by atoms with Crippen molar-refractivity contribution in [3.05, 3.63) is 53.0 Å². The minimum absolute atomic E-state index is 0.337. The lowest BCUT2D eigenvalue weighted by atomic mass is 10.0. The lowest BCUT2D eigenvalue weighted by Crippen LogP contribution is -2.49. The van der Waals surface area contributed by atoms with Gasteiger partial charge in [-0.3, -0.25) is 4.79 Å². The van der Waals surface area contributed by atoms with Crippen LogP contribution in [0.1, 0.15) is 68.1 Å². The quantitative estimate of drug-likeness (QED) is 0.659. The van der Waals surface area contributed by atoms with Crippen LogP contribution in [0.5, 0.6) is 0 Å². The summed E-state index contributed by atoms with van der Waals surface area (Å²) < 4.78 is 0. The highest BCUT2D eigenvalue weighted by Gasteiger charge is 2.26. The summed E-state index contributed by atoms with van der Waals surface area (Å²) in [5, 5.41) is 0. The van der Waals surface area contributed by atoms with Crippen LogP contribution in [0.2, 0.25) is 0 Å². The van der Waals surface area contributed by atoms with E-state index < -0.39 is 0 Å². The minimum Gasteiger partial charge on any atom is -0.353 e. The maximum atomic E-state index is 12.7. The molecule has 166 valence electrons. The molecule has 5 heteroatoms. The van der Waals surface area contributed by atoms with E-state index in [0.29, 0.717) is 5.91 Å². The molecule has 1 aromatic carbocycles. The van der Waals surface area contributed by atoms with Crippen molar-refractivity contribution in [1.29, 1.82) is 0 Å². The Balaban J connectivity index is 1.43. The van der Waals surface area contributed by atoms with Gasteiger partial charge in [-0.25, -0.2) is 9.97 Å². The number of aryl methyl sites for hydroxylation is 2. The van der Waals surface area contributed by atoms with Gasteiger partial charge >= 0.3 is 0 Å². The number of aromatic nitrogens is 2. The maximum Gasteiger partial charge on any atom is 0.222 e. The largest absolute Gasteiger partial charge is 0.353 e. The number of piperazine rings is 1. The van der Waals surface area contributed by atoms with E-state index in [2.05, 4.69) is 47.1 Å². The molecule has 2 aromatic rings. The summed E-state index contributed by atoms with van der Waals surface area (Å²) >= 11 is 0. The van der Waals surface area contributed by atoms with Gasteiger partial charge in [0.1, 0.15) is 11.6 Å². The van der Waals surface area contributed by atoms with E-state index in [9.17, 15) is 4.79 Å². The van der Waals surface area contributed by atoms with Crippen LogP contribution in [0.25, 0.3) is 0 Å². The molecule has 1 saturated carbocycles. The molecule has 1 aliphatic carbocycles. The van der Waals surface area contributed by atoms with Gasteiger partial charge < -0.3 is 9.80 Å². The summed E-state index contributed by atoms with van der Waals surface area (Å²) in [6.07, 6.45) is 8.87. The summed E-state index contributed by atoms with van der Waals surface area (Å²) in [6.45, 7) is 7.42. The van der Waals surface area contributed by atoms with Gasteiger partial charge in [0.2, 0.25) is 5.91 Å². The fourth-order valence-electron chi connectivity index (χ4n) is 5.13. The first-order valence-corrected chi connectivity index (χ1v) is 12.1. The molecule has 2 heterocycles. The van der Waals surface area contributed by atoms with Crippen molar-refractivity contribution in [3.63, 3.8) is 0 Å². The number of anilines is 1. The molecule has 4 rings (SSSR count). The standard InChI is InChI=1S/C26H36N4O/c1-3-24-23(19-22-11-5-4-6-12-22)26(28-20(2)27-24)30-17-15-29(16-18-30)25(31)14-13-21-9-7-8-10-21/h4-6,11-12,21H,3,7-10,13-19H2,1-2H3. The molecule has 5 nitrogen and oxygen atoms in total. The third kappa shape index (κ3) is 5.44. The zero-order valence-electron chi connectivity index (χ0n) is 19.1. The zero-order chi connectivity index (χ0) is 21.6. The van der Waals surface area contributed by atoms with Gasteiger partial charge in [0.15, 0.2) is 0 Å². The van der Waals surface area contributed by atoms with Crippen LogP contribution in [0.15, 0.2) is 30.3 Å². The number of nitrogens with zero attached hydrogens (tertiary/aromatic N) is 4. The Hall–Kier alpha value is -2.43. The number of hydrogen-bond acceptors (Lipinski definition) is 4. The van der Waals surface area contributed by atoms with E-state index in [1.807, 2.05) is 6.92 Å². The minimum atomic E-state index is 0.337. The highest BCUT2D eigenvalue weighted by Crippen LogP contribution is 2.29. The van der Waals surface area contributed by atoms with Crippen LogP contribution in [-0.2, 0) is 17.6 Å². The van der Waals surface area contributed by atoms with E-state index in [4.69, 9.17) is 9.97 Å². The molecule has 2 aliphatic rings. The lowest BCUT2D eigenvalue weighted by Gasteiger charge is -2.37. The highest BCUT2D eigenvalue weighted by atomic mass is 16.2. The Labute approximate surface area is 186 Å². The van der Waals surface area contributed by atoms with E-state index in [1.165, 1.54) is 36.8 Å². The van der Waals surface area contributed by atoms with Gasteiger partial charge in [-0.05, 0) is 31.2 Å². The third-order valence-corrected chi connectivity index (χ3v) is 6.91. The molecule has 0 N–H and O–H groups in total.